The Bertz CT molecular complexity index is 921. The van der Waals surface area contributed by atoms with Crippen LogP contribution in [0.15, 0.2) is 54.6 Å². The van der Waals surface area contributed by atoms with Crippen LogP contribution in [0.1, 0.15) is 72.5 Å². The lowest BCUT2D eigenvalue weighted by atomic mass is 9.65. The van der Waals surface area contributed by atoms with E-state index in [1.165, 1.54) is 0 Å². The molecule has 31 heavy (non-hydrogen) atoms. The van der Waals surface area contributed by atoms with E-state index >= 15 is 0 Å². The molecule has 1 N–H and O–H groups in total. The van der Waals surface area contributed by atoms with Crippen LogP contribution in [0.3, 0.4) is 0 Å². The Kier molecular flexibility index (Phi) is 6.42. The Morgan fingerprint density at radius 3 is 2.48 bits per heavy atom. The van der Waals surface area contributed by atoms with Gasteiger partial charge >= 0.3 is 0 Å². The average Bonchev–Trinajstić information content (AvgIpc) is 2.80. The number of fused-ring (bicyclic) bond motifs is 1. The molecule has 2 aliphatic rings. The first-order valence-corrected chi connectivity index (χ1v) is 11.3. The zero-order chi connectivity index (χ0) is 21.8. The Morgan fingerprint density at radius 2 is 1.77 bits per heavy atom. The molecule has 0 aromatic heterocycles. The molecule has 1 heterocycles. The second kappa shape index (κ2) is 9.23. The van der Waals surface area contributed by atoms with E-state index in [4.69, 9.17) is 4.74 Å². The van der Waals surface area contributed by atoms with Crippen LogP contribution in [0.5, 0.6) is 0 Å². The molecule has 164 valence electrons. The number of hydrogen-bond acceptors (Lipinski definition) is 3. The number of carbonyl (C=O) groups excluding carboxylic acids is 2. The molecule has 1 aliphatic heterocycles. The van der Waals surface area contributed by atoms with Crippen molar-refractivity contribution in [1.82, 2.24) is 10.2 Å². The summed E-state index contributed by atoms with van der Waals surface area (Å²) in [6, 6.07) is 17.6. The Hall–Kier alpha value is -2.66. The summed E-state index contributed by atoms with van der Waals surface area (Å²) in [7, 11) is 1.65. The molecule has 0 radical (unpaired) electrons. The van der Waals surface area contributed by atoms with Gasteiger partial charge in [-0.15, -0.1) is 0 Å². The summed E-state index contributed by atoms with van der Waals surface area (Å²) in [4.78, 5) is 29.4. The second-order valence-corrected chi connectivity index (χ2v) is 8.78. The molecule has 1 fully saturated rings. The van der Waals surface area contributed by atoms with E-state index in [-0.39, 0.29) is 23.8 Å². The van der Waals surface area contributed by atoms with Crippen molar-refractivity contribution in [2.75, 3.05) is 20.3 Å². The van der Waals surface area contributed by atoms with Crippen LogP contribution < -0.4 is 5.32 Å². The molecule has 0 unspecified atom stereocenters. The molecule has 0 bridgehead atoms. The number of ether oxygens (including phenoxy) is 1. The maximum Gasteiger partial charge on any atom is 0.254 e. The first-order valence-electron chi connectivity index (χ1n) is 11.3. The highest BCUT2D eigenvalue weighted by Gasteiger charge is 2.54. The van der Waals surface area contributed by atoms with Gasteiger partial charge < -0.3 is 15.0 Å². The van der Waals surface area contributed by atoms with Gasteiger partial charge in [-0.2, -0.15) is 0 Å². The minimum atomic E-state index is -0.497. The molecular formula is C26H32N2O3. The van der Waals surface area contributed by atoms with Gasteiger partial charge in [0.05, 0.1) is 24.1 Å². The molecule has 1 spiro atoms. The second-order valence-electron chi connectivity index (χ2n) is 8.78. The first-order chi connectivity index (χ1) is 15.1. The van der Waals surface area contributed by atoms with E-state index in [1.807, 2.05) is 66.4 Å². The van der Waals surface area contributed by atoms with Crippen LogP contribution in [0.25, 0.3) is 0 Å². The fourth-order valence-electron chi connectivity index (χ4n) is 5.47. The van der Waals surface area contributed by atoms with Crippen LogP contribution in [0.4, 0.5) is 0 Å². The first kappa shape index (κ1) is 21.6. The van der Waals surface area contributed by atoms with E-state index in [0.717, 1.165) is 43.2 Å². The number of methoxy groups -OCH3 is 1. The molecule has 1 saturated carbocycles. The zero-order valence-corrected chi connectivity index (χ0v) is 18.5. The molecule has 2 atom stereocenters. The number of rotatable bonds is 6. The summed E-state index contributed by atoms with van der Waals surface area (Å²) in [5.41, 5.74) is 2.08. The largest absolute Gasteiger partial charge is 0.383 e. The van der Waals surface area contributed by atoms with Gasteiger partial charge in [0.25, 0.3) is 5.91 Å². The SMILES string of the molecule is COCCN1C(=O)c2ccccc2[C@H](C(=O)N[C@@H](C)c2ccccc2)C12CCCCC2. The van der Waals surface area contributed by atoms with E-state index in [1.54, 1.807) is 7.11 Å². The lowest BCUT2D eigenvalue weighted by Crippen LogP contribution is -2.63. The molecule has 4 rings (SSSR count). The van der Waals surface area contributed by atoms with Crippen molar-refractivity contribution in [2.45, 2.75) is 56.5 Å². The molecule has 2 aromatic rings. The van der Waals surface area contributed by atoms with Crippen molar-refractivity contribution >= 4 is 11.8 Å². The van der Waals surface area contributed by atoms with Gasteiger partial charge in [-0.1, -0.05) is 67.8 Å². The lowest BCUT2D eigenvalue weighted by Gasteiger charge is -2.53. The topological polar surface area (TPSA) is 58.6 Å². The van der Waals surface area contributed by atoms with Crippen LogP contribution in [0.2, 0.25) is 0 Å². The summed E-state index contributed by atoms with van der Waals surface area (Å²) in [6.07, 6.45) is 4.88. The number of amides is 2. The molecule has 5 nitrogen and oxygen atoms in total. The Labute approximate surface area is 184 Å². The number of benzene rings is 2. The quantitative estimate of drug-likeness (QED) is 0.751. The highest BCUT2D eigenvalue weighted by molar-refractivity contribution is 6.02. The van der Waals surface area contributed by atoms with Crippen molar-refractivity contribution in [1.29, 1.82) is 0 Å². The summed E-state index contributed by atoms with van der Waals surface area (Å²) in [5, 5.41) is 3.26. The Morgan fingerprint density at radius 1 is 1.10 bits per heavy atom. The van der Waals surface area contributed by atoms with E-state index in [2.05, 4.69) is 5.32 Å². The van der Waals surface area contributed by atoms with Gasteiger partial charge in [0.2, 0.25) is 5.91 Å². The molecule has 2 amide bonds. The lowest BCUT2D eigenvalue weighted by molar-refractivity contribution is -0.128. The predicted molar refractivity (Wildman–Crippen MR) is 121 cm³/mol. The third-order valence-corrected chi connectivity index (χ3v) is 6.98. The molecule has 1 aliphatic carbocycles. The maximum absolute atomic E-state index is 13.9. The zero-order valence-electron chi connectivity index (χ0n) is 18.5. The summed E-state index contributed by atoms with van der Waals surface area (Å²) in [6.45, 7) is 2.98. The molecular weight excluding hydrogens is 388 g/mol. The predicted octanol–water partition coefficient (Wildman–Crippen LogP) is 4.45. The van der Waals surface area contributed by atoms with Crippen molar-refractivity contribution in [3.8, 4) is 0 Å². The van der Waals surface area contributed by atoms with Crippen LogP contribution in [-0.4, -0.2) is 42.5 Å². The van der Waals surface area contributed by atoms with Gasteiger partial charge in [-0.3, -0.25) is 9.59 Å². The minimum Gasteiger partial charge on any atom is -0.383 e. The monoisotopic (exact) mass is 420 g/mol. The molecule has 2 aromatic carbocycles. The third kappa shape index (κ3) is 3.99. The van der Waals surface area contributed by atoms with Gasteiger partial charge in [0.1, 0.15) is 0 Å². The average molecular weight is 421 g/mol. The van der Waals surface area contributed by atoms with Crippen molar-refractivity contribution in [3.63, 3.8) is 0 Å². The summed E-state index contributed by atoms with van der Waals surface area (Å²) in [5.74, 6) is -0.361. The number of hydrogen-bond donors (Lipinski definition) is 1. The normalized spacial score (nSPS) is 20.9. The van der Waals surface area contributed by atoms with Crippen LogP contribution in [-0.2, 0) is 9.53 Å². The smallest absolute Gasteiger partial charge is 0.254 e. The maximum atomic E-state index is 13.9. The van der Waals surface area contributed by atoms with Gasteiger partial charge in [-0.05, 0) is 37.0 Å². The van der Waals surface area contributed by atoms with Gasteiger partial charge in [0.15, 0.2) is 0 Å². The number of carbonyl (C=O) groups is 2. The highest BCUT2D eigenvalue weighted by atomic mass is 16.5. The fourth-order valence-corrected chi connectivity index (χ4v) is 5.47. The Balaban J connectivity index is 1.75. The summed E-state index contributed by atoms with van der Waals surface area (Å²) >= 11 is 0. The van der Waals surface area contributed by atoms with Crippen LogP contribution in [0, 0.1) is 0 Å². The minimum absolute atomic E-state index is 0.000574. The van der Waals surface area contributed by atoms with Crippen LogP contribution >= 0.6 is 0 Å². The highest BCUT2D eigenvalue weighted by Crippen LogP contribution is 2.49. The third-order valence-electron chi connectivity index (χ3n) is 6.98. The number of nitrogens with zero attached hydrogens (tertiary/aromatic N) is 1. The van der Waals surface area contributed by atoms with Crippen molar-refractivity contribution in [2.24, 2.45) is 0 Å². The van der Waals surface area contributed by atoms with Crippen molar-refractivity contribution in [3.05, 3.63) is 71.3 Å². The van der Waals surface area contributed by atoms with Gasteiger partial charge in [0, 0.05) is 19.2 Å². The van der Waals surface area contributed by atoms with E-state index in [9.17, 15) is 9.59 Å². The molecule has 5 heteroatoms. The summed E-state index contributed by atoms with van der Waals surface area (Å²) < 4.78 is 5.34. The standard InChI is InChI=1S/C26H32N2O3/c1-19(20-11-5-3-6-12-20)27-24(29)23-21-13-7-8-14-22(21)25(30)28(17-18-31-2)26(23)15-9-4-10-16-26/h3,5-8,11-14,19,23H,4,9-10,15-18H2,1-2H3,(H,27,29)/t19-,23+/m0/s1. The molecule has 0 saturated heterocycles. The van der Waals surface area contributed by atoms with Crippen molar-refractivity contribution < 1.29 is 14.3 Å². The fraction of sp³-hybridized carbons (Fsp3) is 0.462. The van der Waals surface area contributed by atoms with Gasteiger partial charge in [-0.25, -0.2) is 0 Å². The van der Waals surface area contributed by atoms with E-state index in [0.29, 0.717) is 18.7 Å². The van der Waals surface area contributed by atoms with E-state index < -0.39 is 5.54 Å². The number of nitrogens with one attached hydrogen (secondary N) is 1.